The Morgan fingerprint density at radius 3 is 2.71 bits per heavy atom. The van der Waals surface area contributed by atoms with E-state index in [4.69, 9.17) is 0 Å². The zero-order chi connectivity index (χ0) is 19.3. The fourth-order valence-corrected chi connectivity index (χ4v) is 4.10. The summed E-state index contributed by atoms with van der Waals surface area (Å²) in [5.74, 6) is 2.24. The number of anilines is 1. The molecule has 2 atom stereocenters. The van der Waals surface area contributed by atoms with Crippen LogP contribution in [0.1, 0.15) is 36.6 Å². The van der Waals surface area contributed by atoms with Crippen molar-refractivity contribution >= 4 is 11.7 Å². The lowest BCUT2D eigenvalue weighted by Crippen LogP contribution is -2.38. The number of benzene rings is 1. The average Bonchev–Trinajstić information content (AvgIpc) is 3.45. The largest absolute Gasteiger partial charge is 0.370 e. The van der Waals surface area contributed by atoms with Crippen LogP contribution in [0, 0.1) is 18.8 Å². The number of pyridine rings is 1. The Bertz CT molecular complexity index is 790. The molecule has 1 amide bonds. The van der Waals surface area contributed by atoms with Crippen molar-refractivity contribution in [1.82, 2.24) is 15.2 Å². The van der Waals surface area contributed by atoms with Crippen LogP contribution in [0.3, 0.4) is 0 Å². The van der Waals surface area contributed by atoms with Crippen molar-refractivity contribution in [3.63, 3.8) is 0 Å². The number of carbonyl (C=O) groups excluding carboxylic acids is 1. The second-order valence-electron chi connectivity index (χ2n) is 8.23. The number of carbonyl (C=O) groups is 1. The fraction of sp³-hybridized carbons (Fsp3) is 0.478. The highest BCUT2D eigenvalue weighted by Crippen LogP contribution is 2.40. The van der Waals surface area contributed by atoms with Gasteiger partial charge in [-0.2, -0.15) is 0 Å². The van der Waals surface area contributed by atoms with Gasteiger partial charge in [-0.05, 0) is 62.3 Å². The van der Waals surface area contributed by atoms with Crippen molar-refractivity contribution in [2.45, 2.75) is 32.2 Å². The summed E-state index contributed by atoms with van der Waals surface area (Å²) in [5, 5.41) is 6.73. The Morgan fingerprint density at radius 2 is 1.96 bits per heavy atom. The summed E-state index contributed by atoms with van der Waals surface area (Å²) >= 11 is 0. The summed E-state index contributed by atoms with van der Waals surface area (Å²) in [6.07, 6.45) is 3.55. The number of likely N-dealkylation sites (tertiary alicyclic amines) is 1. The SMILES string of the molecule is Cc1cccc(NCC2CCN(CC(=O)NC(c3ccccc3)C3CC3)C2)n1. The van der Waals surface area contributed by atoms with E-state index >= 15 is 0 Å². The van der Waals surface area contributed by atoms with Gasteiger partial charge in [0, 0.05) is 18.8 Å². The normalized spacial score (nSPS) is 20.7. The number of hydrogen-bond acceptors (Lipinski definition) is 4. The molecule has 1 aromatic heterocycles. The van der Waals surface area contributed by atoms with Crippen molar-refractivity contribution < 1.29 is 4.79 Å². The Kier molecular flexibility index (Phi) is 5.91. The first-order valence-electron chi connectivity index (χ1n) is 10.4. The van der Waals surface area contributed by atoms with Gasteiger partial charge in [-0.3, -0.25) is 9.69 Å². The molecule has 2 unspecified atom stereocenters. The predicted octanol–water partition coefficient (Wildman–Crippen LogP) is 3.39. The molecule has 2 heterocycles. The Hall–Kier alpha value is -2.40. The number of rotatable bonds is 8. The molecule has 28 heavy (non-hydrogen) atoms. The summed E-state index contributed by atoms with van der Waals surface area (Å²) in [7, 11) is 0. The van der Waals surface area contributed by atoms with Crippen molar-refractivity contribution in [1.29, 1.82) is 0 Å². The lowest BCUT2D eigenvalue weighted by atomic mass is 10.0. The third-order valence-corrected chi connectivity index (χ3v) is 5.77. The van der Waals surface area contributed by atoms with Gasteiger partial charge in [0.05, 0.1) is 12.6 Å². The Morgan fingerprint density at radius 1 is 1.14 bits per heavy atom. The third kappa shape index (κ3) is 5.10. The molecule has 5 nitrogen and oxygen atoms in total. The van der Waals surface area contributed by atoms with Crippen LogP contribution in [-0.4, -0.2) is 42.0 Å². The zero-order valence-corrected chi connectivity index (χ0v) is 16.6. The van der Waals surface area contributed by atoms with Crippen LogP contribution in [0.5, 0.6) is 0 Å². The van der Waals surface area contributed by atoms with E-state index < -0.39 is 0 Å². The van der Waals surface area contributed by atoms with E-state index in [1.807, 2.05) is 31.2 Å². The quantitative estimate of drug-likeness (QED) is 0.739. The maximum Gasteiger partial charge on any atom is 0.234 e. The van der Waals surface area contributed by atoms with Crippen molar-refractivity contribution in [2.75, 3.05) is 31.5 Å². The second kappa shape index (κ2) is 8.74. The molecule has 1 aliphatic carbocycles. The molecular weight excluding hydrogens is 348 g/mol. The van der Waals surface area contributed by atoms with E-state index in [0.29, 0.717) is 18.4 Å². The minimum atomic E-state index is 0.148. The lowest BCUT2D eigenvalue weighted by Gasteiger charge is -2.21. The number of aromatic nitrogens is 1. The van der Waals surface area contributed by atoms with E-state index in [1.165, 1.54) is 18.4 Å². The minimum absolute atomic E-state index is 0.148. The van der Waals surface area contributed by atoms with Crippen LogP contribution in [0.4, 0.5) is 5.82 Å². The first-order chi connectivity index (χ1) is 13.7. The molecule has 4 rings (SSSR count). The number of amides is 1. The summed E-state index contributed by atoms with van der Waals surface area (Å²) in [6.45, 7) is 5.36. The molecule has 0 spiro atoms. The highest BCUT2D eigenvalue weighted by atomic mass is 16.2. The van der Waals surface area contributed by atoms with Gasteiger partial charge >= 0.3 is 0 Å². The van der Waals surface area contributed by atoms with Crippen LogP contribution in [0.2, 0.25) is 0 Å². The number of aryl methyl sites for hydroxylation is 1. The van der Waals surface area contributed by atoms with Gasteiger partial charge in [0.2, 0.25) is 5.91 Å². The highest BCUT2D eigenvalue weighted by Gasteiger charge is 2.34. The molecule has 0 radical (unpaired) electrons. The fourth-order valence-electron chi connectivity index (χ4n) is 4.10. The van der Waals surface area contributed by atoms with Crippen LogP contribution in [-0.2, 0) is 4.79 Å². The highest BCUT2D eigenvalue weighted by molar-refractivity contribution is 5.78. The van der Waals surface area contributed by atoms with Gasteiger partial charge < -0.3 is 10.6 Å². The minimum Gasteiger partial charge on any atom is -0.370 e. The Balaban J connectivity index is 1.24. The third-order valence-electron chi connectivity index (χ3n) is 5.77. The first-order valence-corrected chi connectivity index (χ1v) is 10.4. The van der Waals surface area contributed by atoms with E-state index in [2.05, 4.69) is 44.8 Å². The molecule has 2 N–H and O–H groups in total. The Labute approximate surface area is 167 Å². The summed E-state index contributed by atoms with van der Waals surface area (Å²) in [4.78, 5) is 19.4. The van der Waals surface area contributed by atoms with Gasteiger partial charge in [0.1, 0.15) is 5.82 Å². The summed E-state index contributed by atoms with van der Waals surface area (Å²) in [5.41, 5.74) is 2.26. The molecule has 1 saturated carbocycles. The maximum atomic E-state index is 12.7. The van der Waals surface area contributed by atoms with Crippen LogP contribution >= 0.6 is 0 Å². The predicted molar refractivity (Wildman–Crippen MR) is 112 cm³/mol. The van der Waals surface area contributed by atoms with Crippen LogP contribution in [0.15, 0.2) is 48.5 Å². The number of nitrogens with one attached hydrogen (secondary N) is 2. The topological polar surface area (TPSA) is 57.3 Å². The summed E-state index contributed by atoms with van der Waals surface area (Å²) in [6, 6.07) is 16.6. The number of hydrogen-bond donors (Lipinski definition) is 2. The number of nitrogens with zero attached hydrogens (tertiary/aromatic N) is 2. The van der Waals surface area contributed by atoms with Gasteiger partial charge in [-0.15, -0.1) is 0 Å². The van der Waals surface area contributed by atoms with Crippen molar-refractivity contribution in [3.05, 3.63) is 59.8 Å². The molecule has 2 aliphatic rings. The lowest BCUT2D eigenvalue weighted by molar-refractivity contribution is -0.123. The molecule has 2 aromatic rings. The molecular formula is C23H30N4O. The van der Waals surface area contributed by atoms with E-state index in [1.54, 1.807) is 0 Å². The van der Waals surface area contributed by atoms with E-state index in [-0.39, 0.29) is 11.9 Å². The van der Waals surface area contributed by atoms with Gasteiger partial charge in [-0.1, -0.05) is 36.4 Å². The molecule has 148 valence electrons. The van der Waals surface area contributed by atoms with Gasteiger partial charge in [-0.25, -0.2) is 4.98 Å². The molecule has 1 aromatic carbocycles. The standard InChI is InChI=1S/C23H30N4O/c1-17-6-5-9-21(25-17)24-14-18-12-13-27(15-18)16-22(28)26-23(20-10-11-20)19-7-3-2-4-8-19/h2-9,18,20,23H,10-16H2,1H3,(H,24,25)(H,26,28). The maximum absolute atomic E-state index is 12.7. The molecule has 2 fully saturated rings. The average molecular weight is 379 g/mol. The van der Waals surface area contributed by atoms with E-state index in [0.717, 1.165) is 37.6 Å². The smallest absolute Gasteiger partial charge is 0.234 e. The van der Waals surface area contributed by atoms with Crippen molar-refractivity contribution in [3.8, 4) is 0 Å². The second-order valence-corrected chi connectivity index (χ2v) is 8.23. The molecule has 0 bridgehead atoms. The molecule has 1 aliphatic heterocycles. The van der Waals surface area contributed by atoms with Gasteiger partial charge in [0.25, 0.3) is 0 Å². The molecule has 1 saturated heterocycles. The van der Waals surface area contributed by atoms with Crippen LogP contribution in [0.25, 0.3) is 0 Å². The molecule has 5 heteroatoms. The zero-order valence-electron chi connectivity index (χ0n) is 16.6. The first kappa shape index (κ1) is 18.9. The van der Waals surface area contributed by atoms with Crippen LogP contribution < -0.4 is 10.6 Å². The van der Waals surface area contributed by atoms with E-state index in [9.17, 15) is 4.79 Å². The monoisotopic (exact) mass is 378 g/mol. The summed E-state index contributed by atoms with van der Waals surface area (Å²) < 4.78 is 0. The van der Waals surface area contributed by atoms with Gasteiger partial charge in [0.15, 0.2) is 0 Å². The van der Waals surface area contributed by atoms with Crippen molar-refractivity contribution in [2.24, 2.45) is 11.8 Å².